The van der Waals surface area contributed by atoms with Gasteiger partial charge in [-0.1, -0.05) is 18.6 Å². The Bertz CT molecular complexity index is 977. The molecule has 2 aromatic rings. The summed E-state index contributed by atoms with van der Waals surface area (Å²) in [5, 5.41) is 0. The Balaban J connectivity index is 1.09. The molecule has 0 spiro atoms. The Morgan fingerprint density at radius 3 is 2.40 bits per heavy atom. The molecule has 8 heteroatoms. The number of aromatic nitrogens is 2. The van der Waals surface area contributed by atoms with E-state index < -0.39 is 0 Å². The van der Waals surface area contributed by atoms with Crippen LogP contribution in [0.2, 0.25) is 0 Å². The van der Waals surface area contributed by atoms with E-state index >= 15 is 0 Å². The maximum atomic E-state index is 12.9. The number of benzene rings is 1. The largest absolute Gasteiger partial charge is 0.491 e. The van der Waals surface area contributed by atoms with Crippen molar-refractivity contribution in [3.05, 3.63) is 36.7 Å². The van der Waals surface area contributed by atoms with Crippen LogP contribution in [0.15, 0.2) is 36.7 Å². The molecule has 0 N–H and O–H groups in total. The highest BCUT2D eigenvalue weighted by molar-refractivity contribution is 5.78. The SMILES string of the molecule is CC(C)Oc1cccc(-c2cnc(N3CCN(CC(=O)N4CCN(C5CCC5)CC4)CC3)cn2)c1. The molecule has 1 saturated carbocycles. The summed E-state index contributed by atoms with van der Waals surface area (Å²) in [5.74, 6) is 2.01. The maximum Gasteiger partial charge on any atom is 0.236 e. The zero-order chi connectivity index (χ0) is 24.2. The molecule has 1 aromatic heterocycles. The predicted molar refractivity (Wildman–Crippen MR) is 138 cm³/mol. The molecule has 3 heterocycles. The average molecular weight is 479 g/mol. The van der Waals surface area contributed by atoms with E-state index in [9.17, 15) is 4.79 Å². The van der Waals surface area contributed by atoms with Crippen LogP contribution in [0, 0.1) is 0 Å². The van der Waals surface area contributed by atoms with Crippen molar-refractivity contribution in [3.63, 3.8) is 0 Å². The number of nitrogens with zero attached hydrogens (tertiary/aromatic N) is 6. The average Bonchev–Trinajstić information content (AvgIpc) is 2.84. The van der Waals surface area contributed by atoms with Crippen molar-refractivity contribution in [2.24, 2.45) is 0 Å². The summed E-state index contributed by atoms with van der Waals surface area (Å²) in [6.45, 7) is 11.8. The number of carbonyl (C=O) groups is 1. The Morgan fingerprint density at radius 2 is 1.77 bits per heavy atom. The summed E-state index contributed by atoms with van der Waals surface area (Å²) in [6, 6.07) is 8.76. The van der Waals surface area contributed by atoms with E-state index in [4.69, 9.17) is 4.74 Å². The molecule has 8 nitrogen and oxygen atoms in total. The number of hydrogen-bond donors (Lipinski definition) is 0. The lowest BCUT2D eigenvalue weighted by molar-refractivity contribution is -0.134. The fourth-order valence-corrected chi connectivity index (χ4v) is 5.15. The van der Waals surface area contributed by atoms with Crippen molar-refractivity contribution >= 4 is 11.7 Å². The maximum absolute atomic E-state index is 12.9. The second-order valence-electron chi connectivity index (χ2n) is 10.2. The molecule has 3 fully saturated rings. The molecule has 1 amide bonds. The van der Waals surface area contributed by atoms with Gasteiger partial charge in [-0.05, 0) is 38.8 Å². The fourth-order valence-electron chi connectivity index (χ4n) is 5.15. The van der Waals surface area contributed by atoms with Crippen molar-refractivity contribution in [1.82, 2.24) is 24.7 Å². The summed E-state index contributed by atoms with van der Waals surface area (Å²) in [5.41, 5.74) is 1.84. The highest BCUT2D eigenvalue weighted by Crippen LogP contribution is 2.26. The standard InChI is InChI=1S/C27H38N6O2/c1-21(2)35-24-8-3-5-22(17-24)25-18-29-26(19-28-25)32-11-9-30(10-12-32)20-27(34)33-15-13-31(14-16-33)23-6-4-7-23/h3,5,8,17-19,21,23H,4,6-7,9-16,20H2,1-2H3. The highest BCUT2D eigenvalue weighted by Gasteiger charge is 2.30. The first-order chi connectivity index (χ1) is 17.0. The second kappa shape index (κ2) is 10.9. The zero-order valence-corrected chi connectivity index (χ0v) is 21.1. The first-order valence-corrected chi connectivity index (χ1v) is 13.1. The molecular formula is C27H38N6O2. The van der Waals surface area contributed by atoms with Gasteiger partial charge < -0.3 is 14.5 Å². The molecule has 0 atom stereocenters. The number of anilines is 1. The van der Waals surface area contributed by atoms with Crippen molar-refractivity contribution in [2.75, 3.05) is 63.8 Å². The second-order valence-corrected chi connectivity index (χ2v) is 10.2. The van der Waals surface area contributed by atoms with E-state index in [1.807, 2.05) is 50.5 Å². The van der Waals surface area contributed by atoms with Gasteiger partial charge >= 0.3 is 0 Å². The molecule has 0 unspecified atom stereocenters. The van der Waals surface area contributed by atoms with E-state index in [-0.39, 0.29) is 12.0 Å². The van der Waals surface area contributed by atoms with Gasteiger partial charge in [-0.3, -0.25) is 19.6 Å². The summed E-state index contributed by atoms with van der Waals surface area (Å²) < 4.78 is 5.80. The quantitative estimate of drug-likeness (QED) is 0.606. The lowest BCUT2D eigenvalue weighted by Crippen LogP contribution is -2.56. The van der Waals surface area contributed by atoms with Crippen LogP contribution in [0.1, 0.15) is 33.1 Å². The Labute approximate surface area is 208 Å². The molecule has 0 bridgehead atoms. The minimum Gasteiger partial charge on any atom is -0.491 e. The molecule has 2 saturated heterocycles. The van der Waals surface area contributed by atoms with E-state index in [0.29, 0.717) is 6.54 Å². The Hall–Kier alpha value is -2.71. The molecule has 1 aromatic carbocycles. The first kappa shape index (κ1) is 24.0. The third-order valence-corrected chi connectivity index (χ3v) is 7.45. The van der Waals surface area contributed by atoms with Crippen LogP contribution >= 0.6 is 0 Å². The third kappa shape index (κ3) is 5.93. The van der Waals surface area contributed by atoms with Crippen LogP contribution in [0.3, 0.4) is 0 Å². The summed E-state index contributed by atoms with van der Waals surface area (Å²) in [6.07, 6.45) is 7.87. The van der Waals surface area contributed by atoms with Gasteiger partial charge in [0.25, 0.3) is 0 Å². The highest BCUT2D eigenvalue weighted by atomic mass is 16.5. The molecule has 188 valence electrons. The molecule has 5 rings (SSSR count). The summed E-state index contributed by atoms with van der Waals surface area (Å²) in [7, 11) is 0. The van der Waals surface area contributed by atoms with Crippen molar-refractivity contribution in [1.29, 1.82) is 0 Å². The smallest absolute Gasteiger partial charge is 0.236 e. The van der Waals surface area contributed by atoms with Gasteiger partial charge in [-0.2, -0.15) is 0 Å². The van der Waals surface area contributed by atoms with Crippen LogP contribution in [0.4, 0.5) is 5.82 Å². The van der Waals surface area contributed by atoms with E-state index in [0.717, 1.165) is 81.2 Å². The summed E-state index contributed by atoms with van der Waals surface area (Å²) >= 11 is 0. The van der Waals surface area contributed by atoms with Crippen molar-refractivity contribution in [3.8, 4) is 17.0 Å². The van der Waals surface area contributed by atoms with Gasteiger partial charge in [0.2, 0.25) is 5.91 Å². The number of ether oxygens (including phenoxy) is 1. The number of amides is 1. The third-order valence-electron chi connectivity index (χ3n) is 7.45. The topological polar surface area (TPSA) is 65.0 Å². The minimum absolute atomic E-state index is 0.134. The van der Waals surface area contributed by atoms with Crippen molar-refractivity contribution < 1.29 is 9.53 Å². The van der Waals surface area contributed by atoms with Crippen LogP contribution in [-0.2, 0) is 4.79 Å². The predicted octanol–water partition coefficient (Wildman–Crippen LogP) is 2.75. The van der Waals surface area contributed by atoms with Crippen molar-refractivity contribution in [2.45, 2.75) is 45.3 Å². The Morgan fingerprint density at radius 1 is 1.00 bits per heavy atom. The monoisotopic (exact) mass is 478 g/mol. The van der Waals surface area contributed by atoms with Crippen LogP contribution in [0.25, 0.3) is 11.3 Å². The van der Waals surface area contributed by atoms with Gasteiger partial charge in [0.15, 0.2) is 0 Å². The van der Waals surface area contributed by atoms with E-state index in [1.165, 1.54) is 19.3 Å². The van der Waals surface area contributed by atoms with Gasteiger partial charge in [0.05, 0.1) is 30.7 Å². The number of carbonyl (C=O) groups excluding carboxylic acids is 1. The number of hydrogen-bond acceptors (Lipinski definition) is 7. The van der Waals surface area contributed by atoms with Gasteiger partial charge in [0, 0.05) is 64.0 Å². The molecule has 1 aliphatic carbocycles. The fraction of sp³-hybridized carbons (Fsp3) is 0.593. The number of rotatable bonds is 7. The van der Waals surface area contributed by atoms with Gasteiger partial charge in [-0.15, -0.1) is 0 Å². The molecule has 35 heavy (non-hydrogen) atoms. The first-order valence-electron chi connectivity index (χ1n) is 13.1. The van der Waals surface area contributed by atoms with Crippen LogP contribution in [0.5, 0.6) is 5.75 Å². The van der Waals surface area contributed by atoms with E-state index in [1.54, 1.807) is 0 Å². The van der Waals surface area contributed by atoms with Crippen LogP contribution in [-0.4, -0.2) is 102 Å². The van der Waals surface area contributed by atoms with Gasteiger partial charge in [-0.25, -0.2) is 4.98 Å². The molecule has 3 aliphatic rings. The lowest BCUT2D eigenvalue weighted by Gasteiger charge is -2.43. The number of piperazine rings is 2. The Kier molecular flexibility index (Phi) is 7.48. The minimum atomic E-state index is 0.134. The molecule has 2 aliphatic heterocycles. The zero-order valence-electron chi connectivity index (χ0n) is 21.1. The molecular weight excluding hydrogens is 440 g/mol. The summed E-state index contributed by atoms with van der Waals surface area (Å²) in [4.78, 5) is 31.4. The van der Waals surface area contributed by atoms with Crippen LogP contribution < -0.4 is 9.64 Å². The van der Waals surface area contributed by atoms with E-state index in [2.05, 4.69) is 29.6 Å². The van der Waals surface area contributed by atoms with Gasteiger partial charge in [0.1, 0.15) is 11.6 Å². The normalized spacial score (nSPS) is 20.2. The lowest BCUT2D eigenvalue weighted by atomic mass is 9.91. The molecule has 0 radical (unpaired) electrons.